The van der Waals surface area contributed by atoms with Crippen LogP contribution in [-0.4, -0.2) is 16.3 Å². The Kier molecular flexibility index (Phi) is 8.32. The number of benzene rings is 2. The first kappa shape index (κ1) is 20.0. The Bertz CT molecular complexity index is 751. The van der Waals surface area contributed by atoms with E-state index in [1.165, 1.54) is 0 Å². The Hall–Kier alpha value is -1.97. The molecule has 0 aliphatic heterocycles. The minimum Gasteiger partial charge on any atom is -0.507 e. The molecule has 0 saturated heterocycles. The van der Waals surface area contributed by atoms with Gasteiger partial charge in [-0.1, -0.05) is 30.3 Å². The number of phenols is 1. The van der Waals surface area contributed by atoms with Crippen LogP contribution in [-0.2, 0) is 21.7 Å². The van der Waals surface area contributed by atoms with E-state index in [0.29, 0.717) is 5.56 Å². The van der Waals surface area contributed by atoms with Crippen LogP contribution in [0.4, 0.5) is 5.69 Å². The van der Waals surface area contributed by atoms with Gasteiger partial charge in [0.1, 0.15) is 5.75 Å². The van der Waals surface area contributed by atoms with Crippen LogP contribution in [0.25, 0.3) is 10.9 Å². The molecule has 1 heterocycles. The number of phenolic OH excluding ortho intramolecular Hbond substituents is 1. The van der Waals surface area contributed by atoms with E-state index in [2.05, 4.69) is 9.98 Å². The van der Waals surface area contributed by atoms with Crippen molar-refractivity contribution < 1.29 is 26.8 Å². The summed E-state index contributed by atoms with van der Waals surface area (Å²) in [6.07, 6.45) is 3.40. The molecule has 0 aliphatic rings. The second kappa shape index (κ2) is 9.13. The smallest absolute Gasteiger partial charge is 0.507 e. The summed E-state index contributed by atoms with van der Waals surface area (Å²) >= 11 is 0. The van der Waals surface area contributed by atoms with Crippen molar-refractivity contribution in [1.29, 1.82) is 0 Å². The van der Waals surface area contributed by atoms with Gasteiger partial charge in [0, 0.05) is 23.4 Å². The first-order chi connectivity index (χ1) is 9.34. The molecule has 0 atom stereocenters. The van der Waals surface area contributed by atoms with E-state index in [1.807, 2.05) is 42.5 Å². The van der Waals surface area contributed by atoms with Crippen molar-refractivity contribution in [2.45, 2.75) is 0 Å². The molecule has 4 heteroatoms. The first-order valence-electron chi connectivity index (χ1n) is 6.00. The van der Waals surface area contributed by atoms with Gasteiger partial charge in [0.25, 0.3) is 0 Å². The number of hydrogen-bond acceptors (Lipinski definition) is 3. The number of pyridine rings is 1. The van der Waals surface area contributed by atoms with Crippen molar-refractivity contribution in [2.75, 3.05) is 0 Å². The summed E-state index contributed by atoms with van der Waals surface area (Å²) in [5.74, 6) is 0.222. The molecular weight excluding hydrogens is 308 g/mol. The second-order valence-electron chi connectivity index (χ2n) is 4.17. The van der Waals surface area contributed by atoms with Gasteiger partial charge < -0.3 is 20.0 Å². The third kappa shape index (κ3) is 4.26. The average Bonchev–Trinajstić information content (AvgIpc) is 2.46. The van der Waals surface area contributed by atoms with Gasteiger partial charge in [0.05, 0.1) is 11.2 Å². The number of nitrogens with zero attached hydrogens (tertiary/aromatic N) is 2. The predicted molar refractivity (Wildman–Crippen MR) is 89.9 cm³/mol. The van der Waals surface area contributed by atoms with E-state index in [1.54, 1.807) is 24.5 Å². The van der Waals surface area contributed by atoms with Crippen molar-refractivity contribution in [3.63, 3.8) is 0 Å². The molecule has 2 aromatic carbocycles. The molecule has 0 saturated carbocycles. The molecule has 22 heavy (non-hydrogen) atoms. The fourth-order valence-corrected chi connectivity index (χ4v) is 1.93. The molecule has 0 amide bonds. The largest absolute Gasteiger partial charge is 2.00 e. The minimum absolute atomic E-state index is 0. The third-order valence-corrected chi connectivity index (χ3v) is 2.89. The van der Waals surface area contributed by atoms with E-state index in [4.69, 9.17) is 0 Å². The van der Waals surface area contributed by atoms with Crippen LogP contribution in [0.3, 0.4) is 0 Å². The number of aliphatic imine (C=N–C) groups is 1. The predicted octanol–water partition coefficient (Wildman–Crippen LogP) is 4.59. The summed E-state index contributed by atoms with van der Waals surface area (Å²) < 4.78 is 0. The zero-order valence-electron chi connectivity index (χ0n) is 12.7. The standard InChI is InChI=1S/C16H12N2O.2CH3.Ti/c19-15-9-2-1-5-13(15)11-18-14-8-3-6-12-7-4-10-17-16(12)14;;;/h1-11,19H;2*1H3;/q;2*-1;+2. The van der Waals surface area contributed by atoms with Gasteiger partial charge >= 0.3 is 21.7 Å². The molecule has 3 rings (SSSR count). The fourth-order valence-electron chi connectivity index (χ4n) is 1.93. The van der Waals surface area contributed by atoms with Crippen LogP contribution in [0.15, 0.2) is 65.8 Å². The number of para-hydroxylation sites is 2. The quantitative estimate of drug-likeness (QED) is 0.425. The summed E-state index contributed by atoms with van der Waals surface area (Å²) in [6, 6.07) is 16.9. The third-order valence-electron chi connectivity index (χ3n) is 2.89. The summed E-state index contributed by atoms with van der Waals surface area (Å²) in [4.78, 5) is 8.76. The van der Waals surface area contributed by atoms with E-state index < -0.39 is 0 Å². The summed E-state index contributed by atoms with van der Waals surface area (Å²) in [5, 5.41) is 10.7. The van der Waals surface area contributed by atoms with Crippen LogP contribution in [0.1, 0.15) is 5.56 Å². The summed E-state index contributed by atoms with van der Waals surface area (Å²) in [6.45, 7) is 0. The molecule has 0 unspecified atom stereocenters. The molecule has 0 spiro atoms. The van der Waals surface area contributed by atoms with E-state index >= 15 is 0 Å². The molecule has 3 aromatic rings. The van der Waals surface area contributed by atoms with E-state index in [9.17, 15) is 5.11 Å². The first-order valence-corrected chi connectivity index (χ1v) is 6.00. The van der Waals surface area contributed by atoms with Gasteiger partial charge in [-0.15, -0.1) is 0 Å². The van der Waals surface area contributed by atoms with Gasteiger partial charge in [-0.2, -0.15) is 0 Å². The van der Waals surface area contributed by atoms with E-state index in [-0.39, 0.29) is 42.3 Å². The van der Waals surface area contributed by atoms with Crippen molar-refractivity contribution in [2.24, 2.45) is 4.99 Å². The molecule has 0 fully saturated rings. The van der Waals surface area contributed by atoms with Crippen LogP contribution in [0.5, 0.6) is 5.75 Å². The van der Waals surface area contributed by atoms with E-state index in [0.717, 1.165) is 16.6 Å². The number of fused-ring (bicyclic) bond motifs is 1. The van der Waals surface area contributed by atoms with Crippen molar-refractivity contribution in [3.8, 4) is 5.75 Å². The normalized spacial score (nSPS) is 9.64. The molecule has 1 N–H and O–H groups in total. The number of aromatic nitrogens is 1. The summed E-state index contributed by atoms with van der Waals surface area (Å²) in [7, 11) is 0. The van der Waals surface area contributed by atoms with Gasteiger partial charge in [-0.3, -0.25) is 9.98 Å². The Morgan fingerprint density at radius 1 is 0.909 bits per heavy atom. The van der Waals surface area contributed by atoms with Crippen molar-refractivity contribution >= 4 is 22.8 Å². The zero-order valence-corrected chi connectivity index (χ0v) is 14.3. The molecule has 0 bridgehead atoms. The van der Waals surface area contributed by atoms with Crippen LogP contribution >= 0.6 is 0 Å². The minimum atomic E-state index is 0. The maximum Gasteiger partial charge on any atom is 2.00 e. The van der Waals surface area contributed by atoms with Gasteiger partial charge in [-0.05, 0) is 24.3 Å². The number of aromatic hydroxyl groups is 1. The molecule has 110 valence electrons. The molecule has 0 aliphatic carbocycles. The maximum atomic E-state index is 9.69. The van der Waals surface area contributed by atoms with Crippen LogP contribution < -0.4 is 0 Å². The SMILES string of the molecule is Oc1ccccc1C=Nc1cccc2cccnc12.[CH3-].[CH3-].[Ti+2]. The fraction of sp³-hybridized carbons (Fsp3) is 0. The Balaban J connectivity index is 0.00000147. The number of hydrogen-bond donors (Lipinski definition) is 1. The Morgan fingerprint density at radius 2 is 1.64 bits per heavy atom. The van der Waals surface area contributed by atoms with Crippen LogP contribution in [0.2, 0.25) is 0 Å². The molecular formula is C18H18N2OTi. The second-order valence-corrected chi connectivity index (χ2v) is 4.17. The summed E-state index contributed by atoms with van der Waals surface area (Å²) in [5.41, 5.74) is 2.34. The maximum absolute atomic E-state index is 9.69. The molecule has 3 nitrogen and oxygen atoms in total. The van der Waals surface area contributed by atoms with Crippen molar-refractivity contribution in [3.05, 3.63) is 81.2 Å². The van der Waals surface area contributed by atoms with Crippen molar-refractivity contribution in [1.82, 2.24) is 4.98 Å². The average molecular weight is 326 g/mol. The monoisotopic (exact) mass is 326 g/mol. The van der Waals surface area contributed by atoms with Gasteiger partial charge in [-0.25, -0.2) is 0 Å². The van der Waals surface area contributed by atoms with Crippen LogP contribution in [0, 0.1) is 14.9 Å². The van der Waals surface area contributed by atoms with Gasteiger partial charge in [0.2, 0.25) is 0 Å². The topological polar surface area (TPSA) is 45.5 Å². The zero-order chi connectivity index (χ0) is 13.1. The Labute approximate surface area is 146 Å². The molecule has 0 radical (unpaired) electrons. The number of rotatable bonds is 2. The van der Waals surface area contributed by atoms with Gasteiger partial charge in [0.15, 0.2) is 0 Å². The Morgan fingerprint density at radius 3 is 2.41 bits per heavy atom. The molecule has 1 aromatic heterocycles.